The zero-order valence-electron chi connectivity index (χ0n) is 11.3. The molecule has 0 amide bonds. The number of carbonyl (C=O) groups excluding carboxylic acids is 2. The van der Waals surface area contributed by atoms with Crippen LogP contribution in [-0.4, -0.2) is 18.4 Å². The molecule has 3 heteroatoms. The maximum atomic E-state index is 12.0. The lowest BCUT2D eigenvalue weighted by Gasteiger charge is -2.08. The summed E-state index contributed by atoms with van der Waals surface area (Å²) in [5.41, 5.74) is 2.85. The van der Waals surface area contributed by atoms with Gasteiger partial charge in [-0.2, -0.15) is 0 Å². The first-order valence-corrected chi connectivity index (χ1v) is 6.42. The first-order chi connectivity index (χ1) is 8.62. The SMILES string of the molecule is CCOC(=O)CC(=O)c1ccc(CC)cc1CC. The van der Waals surface area contributed by atoms with Gasteiger partial charge < -0.3 is 4.74 Å². The Morgan fingerprint density at radius 3 is 2.39 bits per heavy atom. The number of rotatable bonds is 6. The predicted molar refractivity (Wildman–Crippen MR) is 70.8 cm³/mol. The van der Waals surface area contributed by atoms with Gasteiger partial charge in [-0.15, -0.1) is 0 Å². The summed E-state index contributed by atoms with van der Waals surface area (Å²) in [6, 6.07) is 5.80. The summed E-state index contributed by atoms with van der Waals surface area (Å²) in [5, 5.41) is 0. The molecule has 18 heavy (non-hydrogen) atoms. The molecule has 0 aromatic heterocycles. The minimum Gasteiger partial charge on any atom is -0.466 e. The molecule has 0 aliphatic heterocycles. The standard InChI is InChI=1S/C15H20O3/c1-4-11-7-8-13(12(5-2)9-11)14(16)10-15(17)18-6-3/h7-9H,4-6,10H2,1-3H3. The van der Waals surface area contributed by atoms with Crippen LogP contribution in [0.3, 0.4) is 0 Å². The molecule has 0 fully saturated rings. The third-order valence-electron chi connectivity index (χ3n) is 2.87. The lowest BCUT2D eigenvalue weighted by Crippen LogP contribution is -2.13. The quantitative estimate of drug-likeness (QED) is 0.441. The zero-order chi connectivity index (χ0) is 13.5. The smallest absolute Gasteiger partial charge is 0.313 e. The molecule has 0 saturated carbocycles. The lowest BCUT2D eigenvalue weighted by molar-refractivity contribution is -0.141. The van der Waals surface area contributed by atoms with Gasteiger partial charge in [-0.1, -0.05) is 32.0 Å². The predicted octanol–water partition coefficient (Wildman–Crippen LogP) is 2.95. The van der Waals surface area contributed by atoms with Crippen LogP contribution in [0.15, 0.2) is 18.2 Å². The fourth-order valence-corrected chi connectivity index (χ4v) is 1.87. The highest BCUT2D eigenvalue weighted by molar-refractivity contribution is 6.06. The van der Waals surface area contributed by atoms with Crippen LogP contribution < -0.4 is 0 Å². The van der Waals surface area contributed by atoms with Gasteiger partial charge in [0.2, 0.25) is 0 Å². The van der Waals surface area contributed by atoms with Crippen molar-refractivity contribution in [2.24, 2.45) is 0 Å². The Morgan fingerprint density at radius 1 is 1.11 bits per heavy atom. The molecule has 0 radical (unpaired) electrons. The highest BCUT2D eigenvalue weighted by Crippen LogP contribution is 2.16. The number of benzene rings is 1. The first kappa shape index (κ1) is 14.4. The number of ketones is 1. The number of ether oxygens (including phenoxy) is 1. The number of esters is 1. The summed E-state index contributed by atoms with van der Waals surface area (Å²) in [4.78, 5) is 23.3. The van der Waals surface area contributed by atoms with Crippen LogP contribution in [0.4, 0.5) is 0 Å². The minimum atomic E-state index is -0.455. The van der Waals surface area contributed by atoms with Crippen LogP contribution in [0.25, 0.3) is 0 Å². The molecule has 0 spiro atoms. The Kier molecular flexibility index (Phi) is 5.56. The van der Waals surface area contributed by atoms with Crippen molar-refractivity contribution in [3.8, 4) is 0 Å². The Hall–Kier alpha value is -1.64. The first-order valence-electron chi connectivity index (χ1n) is 6.42. The molecule has 0 aliphatic rings. The van der Waals surface area contributed by atoms with Crippen molar-refractivity contribution >= 4 is 11.8 Å². The van der Waals surface area contributed by atoms with E-state index < -0.39 is 5.97 Å². The molecular weight excluding hydrogens is 228 g/mol. The lowest BCUT2D eigenvalue weighted by atomic mass is 9.96. The van der Waals surface area contributed by atoms with E-state index in [1.54, 1.807) is 6.92 Å². The number of hydrogen-bond donors (Lipinski definition) is 0. The molecule has 0 aliphatic carbocycles. The second-order valence-corrected chi connectivity index (χ2v) is 4.10. The molecule has 0 bridgehead atoms. The third kappa shape index (κ3) is 3.69. The molecule has 3 nitrogen and oxygen atoms in total. The maximum absolute atomic E-state index is 12.0. The maximum Gasteiger partial charge on any atom is 0.313 e. The van der Waals surface area contributed by atoms with Gasteiger partial charge in [0.25, 0.3) is 0 Å². The fourth-order valence-electron chi connectivity index (χ4n) is 1.87. The largest absolute Gasteiger partial charge is 0.466 e. The average Bonchev–Trinajstić information content (AvgIpc) is 2.38. The fraction of sp³-hybridized carbons (Fsp3) is 0.467. The van der Waals surface area contributed by atoms with E-state index >= 15 is 0 Å². The summed E-state index contributed by atoms with van der Waals surface area (Å²) in [5.74, 6) is -0.614. The molecule has 1 aromatic rings. The van der Waals surface area contributed by atoms with Gasteiger partial charge in [-0.3, -0.25) is 9.59 Å². The summed E-state index contributed by atoms with van der Waals surface area (Å²) in [7, 11) is 0. The Bertz CT molecular complexity index is 435. The van der Waals surface area contributed by atoms with E-state index in [4.69, 9.17) is 4.74 Å². The number of Topliss-reactive ketones (excluding diaryl/α,β-unsaturated/α-hetero) is 1. The van der Waals surface area contributed by atoms with E-state index in [9.17, 15) is 9.59 Å². The monoisotopic (exact) mass is 248 g/mol. The van der Waals surface area contributed by atoms with E-state index in [0.717, 1.165) is 18.4 Å². The van der Waals surface area contributed by atoms with Gasteiger partial charge in [0.1, 0.15) is 6.42 Å². The van der Waals surface area contributed by atoms with E-state index in [1.165, 1.54) is 5.56 Å². The topological polar surface area (TPSA) is 43.4 Å². The summed E-state index contributed by atoms with van der Waals surface area (Å²) in [6.45, 7) is 6.13. The summed E-state index contributed by atoms with van der Waals surface area (Å²) < 4.78 is 4.79. The molecule has 0 atom stereocenters. The number of aryl methyl sites for hydroxylation is 2. The van der Waals surface area contributed by atoms with Crippen molar-refractivity contribution in [1.82, 2.24) is 0 Å². The molecule has 0 saturated heterocycles. The zero-order valence-corrected chi connectivity index (χ0v) is 11.3. The van der Waals surface area contributed by atoms with Gasteiger partial charge in [0.15, 0.2) is 5.78 Å². The molecule has 0 heterocycles. The molecular formula is C15H20O3. The van der Waals surface area contributed by atoms with E-state index in [1.807, 2.05) is 25.1 Å². The Labute approximate surface area is 108 Å². The second-order valence-electron chi connectivity index (χ2n) is 4.10. The molecule has 0 N–H and O–H groups in total. The van der Waals surface area contributed by atoms with Crippen LogP contribution in [0.2, 0.25) is 0 Å². The highest BCUT2D eigenvalue weighted by Gasteiger charge is 2.15. The van der Waals surface area contributed by atoms with Crippen LogP contribution in [0.1, 0.15) is 48.7 Å². The van der Waals surface area contributed by atoms with E-state index in [-0.39, 0.29) is 12.2 Å². The van der Waals surface area contributed by atoms with Crippen molar-refractivity contribution in [3.63, 3.8) is 0 Å². The molecule has 98 valence electrons. The van der Waals surface area contributed by atoms with Crippen molar-refractivity contribution in [3.05, 3.63) is 34.9 Å². The van der Waals surface area contributed by atoms with Crippen molar-refractivity contribution in [1.29, 1.82) is 0 Å². The summed E-state index contributed by atoms with van der Waals surface area (Å²) in [6.07, 6.45) is 1.56. The van der Waals surface area contributed by atoms with Gasteiger partial charge in [-0.05, 0) is 30.9 Å². The van der Waals surface area contributed by atoms with Crippen LogP contribution >= 0.6 is 0 Å². The normalized spacial score (nSPS) is 10.2. The molecule has 1 aromatic carbocycles. The van der Waals surface area contributed by atoms with E-state index in [2.05, 4.69) is 6.92 Å². The number of carbonyl (C=O) groups is 2. The van der Waals surface area contributed by atoms with Crippen molar-refractivity contribution in [2.75, 3.05) is 6.61 Å². The van der Waals surface area contributed by atoms with Crippen molar-refractivity contribution in [2.45, 2.75) is 40.0 Å². The highest BCUT2D eigenvalue weighted by atomic mass is 16.5. The average molecular weight is 248 g/mol. The van der Waals surface area contributed by atoms with Crippen molar-refractivity contribution < 1.29 is 14.3 Å². The second kappa shape index (κ2) is 6.94. The minimum absolute atomic E-state index is 0.159. The molecule has 1 rings (SSSR count). The van der Waals surface area contributed by atoms with Crippen LogP contribution in [0, 0.1) is 0 Å². The Balaban J connectivity index is 2.88. The van der Waals surface area contributed by atoms with Gasteiger partial charge in [0.05, 0.1) is 6.61 Å². The van der Waals surface area contributed by atoms with Crippen LogP contribution in [-0.2, 0) is 22.4 Å². The third-order valence-corrected chi connectivity index (χ3v) is 2.87. The number of hydrogen-bond acceptors (Lipinski definition) is 3. The summed E-state index contributed by atoms with van der Waals surface area (Å²) >= 11 is 0. The molecule has 0 unspecified atom stereocenters. The van der Waals surface area contributed by atoms with Gasteiger partial charge in [-0.25, -0.2) is 0 Å². The van der Waals surface area contributed by atoms with Gasteiger partial charge >= 0.3 is 5.97 Å². The van der Waals surface area contributed by atoms with Crippen LogP contribution in [0.5, 0.6) is 0 Å². The van der Waals surface area contributed by atoms with E-state index in [0.29, 0.717) is 12.2 Å². The van der Waals surface area contributed by atoms with Gasteiger partial charge in [0, 0.05) is 5.56 Å². The Morgan fingerprint density at radius 2 is 1.83 bits per heavy atom.